The summed E-state index contributed by atoms with van der Waals surface area (Å²) < 4.78 is 13.7. The van der Waals surface area contributed by atoms with E-state index in [1.807, 2.05) is 75.7 Å². The first-order valence-electron chi connectivity index (χ1n) is 13.8. The molecular formula is C30H33N9O3. The Morgan fingerprint density at radius 1 is 0.952 bits per heavy atom. The minimum Gasteiger partial charge on any atom is -0.457 e. The normalized spacial score (nSPS) is 13.9. The molecule has 1 saturated heterocycles. The van der Waals surface area contributed by atoms with Crippen LogP contribution in [0.5, 0.6) is 11.5 Å². The molecule has 4 heterocycles. The van der Waals surface area contributed by atoms with Gasteiger partial charge in [0.1, 0.15) is 34.5 Å². The number of piperazine rings is 1. The molecule has 42 heavy (non-hydrogen) atoms. The molecule has 0 saturated carbocycles. The van der Waals surface area contributed by atoms with Gasteiger partial charge in [-0.3, -0.25) is 0 Å². The molecule has 0 aliphatic carbocycles. The molecule has 1 aliphatic rings. The Morgan fingerprint density at radius 2 is 1.76 bits per heavy atom. The lowest BCUT2D eigenvalue weighted by atomic mass is 10.2. The second kappa shape index (κ2) is 10.8. The standard InChI is InChI=1S/C30H33N9O3/c1-19-14-20(6-9-25(19)41-21-7-8-24-22(15-21)34-18-37(24)5)35-27-26-23(32-17-33-27)16-31-28(36-26)38-10-12-39(13-11-38)29(40)42-30(2,3)4/h6-9,14-18H,10-13H2,1-5H3,(H,32,33,35). The molecule has 12 heteroatoms. The summed E-state index contributed by atoms with van der Waals surface area (Å²) in [7, 11) is 1.97. The molecule has 12 nitrogen and oxygen atoms in total. The van der Waals surface area contributed by atoms with Gasteiger partial charge in [0.25, 0.3) is 0 Å². The summed E-state index contributed by atoms with van der Waals surface area (Å²) in [6.45, 7) is 9.83. The van der Waals surface area contributed by atoms with Crippen molar-refractivity contribution in [3.8, 4) is 11.5 Å². The summed E-state index contributed by atoms with van der Waals surface area (Å²) in [5.41, 5.74) is 4.44. The summed E-state index contributed by atoms with van der Waals surface area (Å²) >= 11 is 0. The molecule has 1 amide bonds. The zero-order valence-corrected chi connectivity index (χ0v) is 24.3. The lowest BCUT2D eigenvalue weighted by molar-refractivity contribution is 0.0240. The smallest absolute Gasteiger partial charge is 0.410 e. The lowest BCUT2D eigenvalue weighted by Gasteiger charge is -2.35. The first-order valence-corrected chi connectivity index (χ1v) is 13.8. The number of benzene rings is 2. The zero-order valence-electron chi connectivity index (χ0n) is 24.3. The molecule has 1 N–H and O–H groups in total. The molecule has 6 rings (SSSR count). The Kier molecular flexibility index (Phi) is 6.97. The fraction of sp³-hybridized carbons (Fsp3) is 0.333. The van der Waals surface area contributed by atoms with Gasteiger partial charge in [0.2, 0.25) is 5.95 Å². The molecule has 1 aliphatic heterocycles. The van der Waals surface area contributed by atoms with Gasteiger partial charge in [-0.2, -0.15) is 0 Å². The van der Waals surface area contributed by atoms with Crippen LogP contribution in [0.15, 0.2) is 55.2 Å². The highest BCUT2D eigenvalue weighted by molar-refractivity contribution is 5.87. The number of rotatable bonds is 5. The first kappa shape index (κ1) is 27.2. The molecule has 0 atom stereocenters. The number of nitrogens with one attached hydrogen (secondary N) is 1. The molecule has 1 fully saturated rings. The van der Waals surface area contributed by atoms with E-state index in [1.54, 1.807) is 17.4 Å². The number of imidazole rings is 1. The van der Waals surface area contributed by atoms with Gasteiger partial charge in [-0.25, -0.2) is 29.7 Å². The molecule has 5 aromatic rings. The summed E-state index contributed by atoms with van der Waals surface area (Å²) in [5, 5.41) is 3.38. The van der Waals surface area contributed by atoms with E-state index in [-0.39, 0.29) is 6.09 Å². The lowest BCUT2D eigenvalue weighted by Crippen LogP contribution is -2.50. The van der Waals surface area contributed by atoms with E-state index < -0.39 is 5.60 Å². The first-order chi connectivity index (χ1) is 20.1. The van der Waals surface area contributed by atoms with E-state index in [1.165, 1.54) is 6.33 Å². The van der Waals surface area contributed by atoms with Gasteiger partial charge in [-0.1, -0.05) is 0 Å². The van der Waals surface area contributed by atoms with Gasteiger partial charge in [0.05, 0.1) is 23.6 Å². The van der Waals surface area contributed by atoms with E-state index in [9.17, 15) is 4.79 Å². The maximum atomic E-state index is 12.5. The van der Waals surface area contributed by atoms with Crippen molar-refractivity contribution < 1.29 is 14.3 Å². The van der Waals surface area contributed by atoms with Gasteiger partial charge >= 0.3 is 6.09 Å². The van der Waals surface area contributed by atoms with Crippen LogP contribution >= 0.6 is 0 Å². The van der Waals surface area contributed by atoms with E-state index in [0.717, 1.165) is 33.8 Å². The van der Waals surface area contributed by atoms with Crippen LogP contribution in [0, 0.1) is 6.92 Å². The largest absolute Gasteiger partial charge is 0.457 e. The molecule has 0 bridgehead atoms. The van der Waals surface area contributed by atoms with Crippen molar-refractivity contribution in [1.82, 2.24) is 34.4 Å². The predicted octanol–water partition coefficient (Wildman–Crippen LogP) is 5.21. The van der Waals surface area contributed by atoms with Gasteiger partial charge in [0, 0.05) is 45.0 Å². The third-order valence-corrected chi connectivity index (χ3v) is 6.94. The minimum atomic E-state index is -0.528. The number of aryl methyl sites for hydroxylation is 2. The molecular weight excluding hydrogens is 534 g/mol. The van der Waals surface area contributed by atoms with Crippen molar-refractivity contribution in [2.24, 2.45) is 7.05 Å². The number of carbonyl (C=O) groups is 1. The van der Waals surface area contributed by atoms with Crippen LogP contribution < -0.4 is 15.0 Å². The van der Waals surface area contributed by atoms with Crippen LogP contribution in [0.1, 0.15) is 26.3 Å². The topological polar surface area (TPSA) is 123 Å². The zero-order chi connectivity index (χ0) is 29.4. The number of amides is 1. The van der Waals surface area contributed by atoms with Crippen molar-refractivity contribution >= 4 is 45.6 Å². The number of aromatic nitrogens is 6. The van der Waals surface area contributed by atoms with Crippen molar-refractivity contribution in [2.75, 3.05) is 36.4 Å². The molecule has 0 radical (unpaired) electrons. The number of hydrogen-bond acceptors (Lipinski definition) is 10. The molecule has 3 aromatic heterocycles. The summed E-state index contributed by atoms with van der Waals surface area (Å²) in [4.78, 5) is 38.8. The minimum absolute atomic E-state index is 0.303. The predicted molar refractivity (Wildman–Crippen MR) is 160 cm³/mol. The SMILES string of the molecule is Cc1cc(Nc2ncnc3cnc(N4CCN(C(=O)OC(C)(C)C)CC4)nc23)ccc1Oc1ccc2c(c1)ncn2C. The van der Waals surface area contributed by atoms with E-state index >= 15 is 0 Å². The molecule has 2 aromatic carbocycles. The highest BCUT2D eigenvalue weighted by Crippen LogP contribution is 2.31. The third-order valence-electron chi connectivity index (χ3n) is 6.94. The quantitative estimate of drug-likeness (QED) is 0.303. The van der Waals surface area contributed by atoms with Crippen molar-refractivity contribution in [3.63, 3.8) is 0 Å². The van der Waals surface area contributed by atoms with E-state index in [4.69, 9.17) is 14.5 Å². The Hall–Kier alpha value is -5.00. The second-order valence-electron chi connectivity index (χ2n) is 11.3. The second-order valence-corrected chi connectivity index (χ2v) is 11.3. The van der Waals surface area contributed by atoms with E-state index in [0.29, 0.717) is 49.0 Å². The molecule has 0 spiro atoms. The Labute approximate surface area is 243 Å². The van der Waals surface area contributed by atoms with Crippen LogP contribution in [-0.4, -0.2) is 72.3 Å². The van der Waals surface area contributed by atoms with Crippen LogP contribution in [-0.2, 0) is 11.8 Å². The van der Waals surface area contributed by atoms with Crippen molar-refractivity contribution in [2.45, 2.75) is 33.3 Å². The highest BCUT2D eigenvalue weighted by Gasteiger charge is 2.27. The average molecular weight is 568 g/mol. The number of anilines is 3. The fourth-order valence-corrected chi connectivity index (χ4v) is 4.79. The Bertz CT molecular complexity index is 1770. The summed E-state index contributed by atoms with van der Waals surface area (Å²) in [6, 6.07) is 11.7. The van der Waals surface area contributed by atoms with Crippen LogP contribution in [0.25, 0.3) is 22.1 Å². The Morgan fingerprint density at radius 3 is 2.52 bits per heavy atom. The molecule has 0 unspecified atom stereocenters. The van der Waals surface area contributed by atoms with Crippen LogP contribution in [0.3, 0.4) is 0 Å². The number of nitrogens with zero attached hydrogens (tertiary/aromatic N) is 8. The maximum absolute atomic E-state index is 12.5. The maximum Gasteiger partial charge on any atom is 0.410 e. The van der Waals surface area contributed by atoms with Crippen LogP contribution in [0.2, 0.25) is 0 Å². The fourth-order valence-electron chi connectivity index (χ4n) is 4.79. The van der Waals surface area contributed by atoms with Gasteiger partial charge in [0.15, 0.2) is 5.82 Å². The number of fused-ring (bicyclic) bond motifs is 2. The Balaban J connectivity index is 1.16. The number of carbonyl (C=O) groups excluding carboxylic acids is 1. The van der Waals surface area contributed by atoms with Gasteiger partial charge < -0.3 is 29.2 Å². The molecule has 216 valence electrons. The summed E-state index contributed by atoms with van der Waals surface area (Å²) in [6.07, 6.45) is 4.68. The number of hydrogen-bond donors (Lipinski definition) is 1. The van der Waals surface area contributed by atoms with Crippen molar-refractivity contribution in [3.05, 3.63) is 60.8 Å². The van der Waals surface area contributed by atoms with Gasteiger partial charge in [-0.05, 0) is 63.6 Å². The van der Waals surface area contributed by atoms with Crippen molar-refractivity contribution in [1.29, 1.82) is 0 Å². The summed E-state index contributed by atoms with van der Waals surface area (Å²) in [5.74, 6) is 2.61. The van der Waals surface area contributed by atoms with Crippen LogP contribution in [0.4, 0.5) is 22.2 Å². The van der Waals surface area contributed by atoms with Gasteiger partial charge in [-0.15, -0.1) is 0 Å². The number of ether oxygens (including phenoxy) is 2. The highest BCUT2D eigenvalue weighted by atomic mass is 16.6. The third kappa shape index (κ3) is 5.73. The monoisotopic (exact) mass is 567 g/mol. The average Bonchev–Trinajstić information content (AvgIpc) is 3.33. The van der Waals surface area contributed by atoms with E-state index in [2.05, 4.69) is 30.2 Å².